The second kappa shape index (κ2) is 9.11. The fourth-order valence-corrected chi connectivity index (χ4v) is 5.50. The van der Waals surface area contributed by atoms with Crippen LogP contribution in [-0.2, 0) is 16.1 Å². The lowest BCUT2D eigenvalue weighted by Gasteiger charge is -2.30. The minimum atomic E-state index is -0.771. The number of carbonyl (C=O) groups excluding carboxylic acids is 3. The largest absolute Gasteiger partial charge is 0.282 e. The Morgan fingerprint density at radius 3 is 2.06 bits per heavy atom. The van der Waals surface area contributed by atoms with Crippen LogP contribution in [0.25, 0.3) is 0 Å². The lowest BCUT2D eigenvalue weighted by atomic mass is 9.81. The van der Waals surface area contributed by atoms with Crippen LogP contribution < -0.4 is 0 Å². The first kappa shape index (κ1) is 22.6. The molecule has 0 spiro atoms. The van der Waals surface area contributed by atoms with E-state index >= 15 is 0 Å². The number of rotatable bonds is 5. The van der Waals surface area contributed by atoms with Gasteiger partial charge in [0.15, 0.2) is 0 Å². The van der Waals surface area contributed by atoms with Gasteiger partial charge in [-0.05, 0) is 24.5 Å². The van der Waals surface area contributed by atoms with Crippen LogP contribution in [0.4, 0.5) is 5.69 Å². The molecule has 2 aliphatic rings. The van der Waals surface area contributed by atoms with Crippen molar-refractivity contribution >= 4 is 55.3 Å². The summed E-state index contributed by atoms with van der Waals surface area (Å²) >= 11 is 7.11. The van der Waals surface area contributed by atoms with E-state index in [-0.39, 0.29) is 27.4 Å². The van der Waals surface area contributed by atoms with E-state index in [0.717, 1.165) is 10.0 Å². The van der Waals surface area contributed by atoms with Crippen LogP contribution in [0.1, 0.15) is 28.8 Å². The first-order valence-corrected chi connectivity index (χ1v) is 11.9. The number of carbonyl (C=O) groups is 3. The molecule has 2 aromatic rings. The summed E-state index contributed by atoms with van der Waals surface area (Å²) in [5.41, 5.74) is 0.125. The predicted octanol–water partition coefficient (Wildman–Crippen LogP) is 4.07. The SMILES string of the molecule is O=C(c1ccccc1[N+](=O)[O-])N(Cc1ccccc1)N1C(=O)[C@@H]2C[C@@H](Br)[C@@H](Br)C[C@H]2C1=O. The van der Waals surface area contributed by atoms with E-state index in [4.69, 9.17) is 0 Å². The number of nitro groups is 1. The first-order valence-electron chi connectivity index (χ1n) is 10.0. The molecule has 4 atom stereocenters. The van der Waals surface area contributed by atoms with Crippen molar-refractivity contribution in [3.63, 3.8) is 0 Å². The summed E-state index contributed by atoms with van der Waals surface area (Å²) in [5.74, 6) is -2.76. The monoisotopic (exact) mass is 563 g/mol. The van der Waals surface area contributed by atoms with Gasteiger partial charge in [0, 0.05) is 15.7 Å². The number of hydrogen-bond donors (Lipinski definition) is 0. The van der Waals surface area contributed by atoms with E-state index in [0.29, 0.717) is 18.4 Å². The molecule has 0 unspecified atom stereocenters. The zero-order valence-electron chi connectivity index (χ0n) is 16.8. The molecule has 0 radical (unpaired) electrons. The highest BCUT2D eigenvalue weighted by molar-refractivity contribution is 9.12. The minimum Gasteiger partial charge on any atom is -0.272 e. The highest BCUT2D eigenvalue weighted by Gasteiger charge is 2.54. The molecule has 10 heteroatoms. The lowest BCUT2D eigenvalue weighted by Crippen LogP contribution is -2.50. The Balaban J connectivity index is 1.75. The molecule has 0 bridgehead atoms. The third-order valence-electron chi connectivity index (χ3n) is 5.87. The van der Waals surface area contributed by atoms with Gasteiger partial charge in [-0.15, -0.1) is 0 Å². The van der Waals surface area contributed by atoms with Crippen molar-refractivity contribution < 1.29 is 19.3 Å². The van der Waals surface area contributed by atoms with Crippen molar-refractivity contribution in [1.29, 1.82) is 0 Å². The maximum absolute atomic E-state index is 13.5. The lowest BCUT2D eigenvalue weighted by molar-refractivity contribution is -0.385. The van der Waals surface area contributed by atoms with Crippen LogP contribution in [0.15, 0.2) is 54.6 Å². The van der Waals surface area contributed by atoms with Gasteiger partial charge in [0.25, 0.3) is 23.4 Å². The second-order valence-electron chi connectivity index (χ2n) is 7.83. The van der Waals surface area contributed by atoms with E-state index in [1.54, 1.807) is 24.3 Å². The van der Waals surface area contributed by atoms with Crippen molar-refractivity contribution in [2.45, 2.75) is 29.0 Å². The molecular weight excluding hydrogens is 546 g/mol. The van der Waals surface area contributed by atoms with Crippen molar-refractivity contribution in [3.05, 3.63) is 75.8 Å². The minimum absolute atomic E-state index is 0.0222. The molecule has 0 N–H and O–H groups in total. The van der Waals surface area contributed by atoms with Gasteiger partial charge in [-0.25, -0.2) is 5.01 Å². The Kier molecular flexibility index (Phi) is 6.43. The molecule has 1 saturated heterocycles. The Bertz CT molecular complexity index is 1050. The molecule has 3 amide bonds. The van der Waals surface area contributed by atoms with Gasteiger partial charge >= 0.3 is 0 Å². The van der Waals surface area contributed by atoms with Gasteiger partial charge in [0.1, 0.15) is 5.56 Å². The Hall–Kier alpha value is -2.59. The van der Waals surface area contributed by atoms with E-state index in [2.05, 4.69) is 31.9 Å². The number of hydrazine groups is 1. The van der Waals surface area contributed by atoms with Crippen molar-refractivity contribution in [2.75, 3.05) is 0 Å². The molecule has 32 heavy (non-hydrogen) atoms. The Labute approximate surface area is 200 Å². The summed E-state index contributed by atoms with van der Waals surface area (Å²) in [5, 5.41) is 13.5. The van der Waals surface area contributed by atoms with E-state index < -0.39 is 34.5 Å². The van der Waals surface area contributed by atoms with Gasteiger partial charge in [0.05, 0.1) is 23.3 Å². The Morgan fingerprint density at radius 2 is 1.50 bits per heavy atom. The fourth-order valence-electron chi connectivity index (χ4n) is 4.26. The highest BCUT2D eigenvalue weighted by Crippen LogP contribution is 2.44. The van der Waals surface area contributed by atoms with Gasteiger partial charge in [-0.1, -0.05) is 74.3 Å². The predicted molar refractivity (Wildman–Crippen MR) is 123 cm³/mol. The van der Waals surface area contributed by atoms with Crippen molar-refractivity contribution in [3.8, 4) is 0 Å². The van der Waals surface area contributed by atoms with Crippen molar-refractivity contribution in [2.24, 2.45) is 11.8 Å². The van der Waals surface area contributed by atoms with Gasteiger partial charge < -0.3 is 0 Å². The molecular formula is C22H19Br2N3O5. The number of alkyl halides is 2. The smallest absolute Gasteiger partial charge is 0.272 e. The maximum atomic E-state index is 13.5. The molecule has 0 aromatic heterocycles. The first-order chi connectivity index (χ1) is 15.3. The van der Waals surface area contributed by atoms with Crippen molar-refractivity contribution in [1.82, 2.24) is 10.0 Å². The van der Waals surface area contributed by atoms with E-state index in [9.17, 15) is 24.5 Å². The molecule has 1 saturated carbocycles. The van der Waals surface area contributed by atoms with Gasteiger partial charge in [-0.3, -0.25) is 24.5 Å². The molecule has 1 heterocycles. The summed E-state index contributed by atoms with van der Waals surface area (Å²) in [4.78, 5) is 51.1. The number of fused-ring (bicyclic) bond motifs is 1. The number of nitro benzene ring substituents is 1. The highest BCUT2D eigenvalue weighted by atomic mass is 79.9. The third kappa shape index (κ3) is 4.09. The topological polar surface area (TPSA) is 101 Å². The zero-order valence-corrected chi connectivity index (χ0v) is 19.9. The molecule has 1 aliphatic heterocycles. The van der Waals surface area contributed by atoms with Crippen LogP contribution >= 0.6 is 31.9 Å². The Morgan fingerprint density at radius 1 is 0.969 bits per heavy atom. The molecule has 166 valence electrons. The van der Waals surface area contributed by atoms with Crippen LogP contribution in [0.3, 0.4) is 0 Å². The molecule has 4 rings (SSSR count). The average Bonchev–Trinajstić information content (AvgIpc) is 3.02. The van der Waals surface area contributed by atoms with Crippen LogP contribution in [-0.4, -0.2) is 42.3 Å². The molecule has 2 fully saturated rings. The number of para-hydroxylation sites is 1. The molecule has 1 aliphatic carbocycles. The fraction of sp³-hybridized carbons (Fsp3) is 0.318. The summed E-state index contributed by atoms with van der Waals surface area (Å²) < 4.78 is 0. The van der Waals surface area contributed by atoms with E-state index in [1.165, 1.54) is 24.3 Å². The standard InChI is InChI=1S/C22H19Br2N3O5/c23-17-10-15-16(11-18(17)24)22(30)26(21(15)29)25(12-13-6-2-1-3-7-13)20(28)14-8-4-5-9-19(14)27(31)32/h1-9,15-18H,10-12H2/t15-,16-,17-,18+/m1/s1. The quantitative estimate of drug-likeness (QED) is 0.236. The van der Waals surface area contributed by atoms with Gasteiger partial charge in [-0.2, -0.15) is 5.01 Å². The number of amides is 3. The normalized spacial score (nSPS) is 24.9. The maximum Gasteiger partial charge on any atom is 0.282 e. The third-order valence-corrected chi connectivity index (χ3v) is 8.60. The van der Waals surface area contributed by atoms with E-state index in [1.807, 2.05) is 6.07 Å². The second-order valence-corrected chi connectivity index (χ2v) is 10.2. The van der Waals surface area contributed by atoms with Gasteiger partial charge in [0.2, 0.25) is 0 Å². The summed E-state index contributed by atoms with van der Waals surface area (Å²) in [6.07, 6.45) is 0.918. The molecule has 8 nitrogen and oxygen atoms in total. The van der Waals surface area contributed by atoms with Crippen LogP contribution in [0.5, 0.6) is 0 Å². The summed E-state index contributed by atoms with van der Waals surface area (Å²) in [7, 11) is 0. The number of halogens is 2. The number of imide groups is 1. The zero-order chi connectivity index (χ0) is 23.0. The summed E-state index contributed by atoms with van der Waals surface area (Å²) in [6.45, 7) is -0.0713. The average molecular weight is 565 g/mol. The van der Waals surface area contributed by atoms with Crippen LogP contribution in [0, 0.1) is 22.0 Å². The number of hydrogen-bond acceptors (Lipinski definition) is 5. The molecule has 2 aromatic carbocycles. The number of nitrogens with zero attached hydrogens (tertiary/aromatic N) is 3. The summed E-state index contributed by atoms with van der Waals surface area (Å²) in [6, 6.07) is 14.4. The number of benzene rings is 2. The van der Waals surface area contributed by atoms with Crippen LogP contribution in [0.2, 0.25) is 0 Å².